The predicted molar refractivity (Wildman–Crippen MR) is 90.9 cm³/mol. The van der Waals surface area contributed by atoms with Crippen molar-refractivity contribution in [2.45, 2.75) is 53.1 Å². The Morgan fingerprint density at radius 3 is 2.46 bits per heavy atom. The molecule has 1 rings (SSSR count). The van der Waals surface area contributed by atoms with Crippen molar-refractivity contribution in [1.29, 1.82) is 0 Å². The van der Waals surface area contributed by atoms with Crippen LogP contribution >= 0.6 is 0 Å². The van der Waals surface area contributed by atoms with Crippen LogP contribution in [0, 0.1) is 12.3 Å². The van der Waals surface area contributed by atoms with Crippen molar-refractivity contribution in [3.05, 3.63) is 29.3 Å². The van der Waals surface area contributed by atoms with Crippen molar-refractivity contribution in [2.24, 2.45) is 5.41 Å². The van der Waals surface area contributed by atoms with Gasteiger partial charge in [-0.3, -0.25) is 4.79 Å². The summed E-state index contributed by atoms with van der Waals surface area (Å²) in [5.74, 6) is 0.329. The van der Waals surface area contributed by atoms with Crippen molar-refractivity contribution >= 4 is 5.97 Å². The summed E-state index contributed by atoms with van der Waals surface area (Å²) >= 11 is 0. The van der Waals surface area contributed by atoms with Crippen LogP contribution in [0.2, 0.25) is 0 Å². The van der Waals surface area contributed by atoms with Crippen LogP contribution in [0.15, 0.2) is 18.2 Å². The first-order valence-electron chi connectivity index (χ1n) is 8.35. The molecule has 0 aliphatic rings. The van der Waals surface area contributed by atoms with Crippen LogP contribution in [-0.4, -0.2) is 32.0 Å². The van der Waals surface area contributed by atoms with Gasteiger partial charge >= 0.3 is 5.97 Å². The van der Waals surface area contributed by atoms with Crippen LogP contribution < -0.4 is 4.74 Å². The van der Waals surface area contributed by atoms with Crippen molar-refractivity contribution in [1.82, 2.24) is 0 Å². The van der Waals surface area contributed by atoms with Gasteiger partial charge in [-0.05, 0) is 49.3 Å². The number of hydrogen-bond acceptors (Lipinski definition) is 3. The van der Waals surface area contributed by atoms with E-state index >= 15 is 0 Å². The molecule has 0 unspecified atom stereocenters. The molecule has 0 saturated carbocycles. The minimum absolute atomic E-state index is 0.150. The van der Waals surface area contributed by atoms with Gasteiger partial charge < -0.3 is 9.47 Å². The second-order valence-electron chi connectivity index (χ2n) is 6.79. The second kappa shape index (κ2) is 9.60. The largest absolute Gasteiger partial charge is 0.485 e. The molecule has 0 N–H and O–H groups in total. The third-order valence-corrected chi connectivity index (χ3v) is 3.90. The van der Waals surface area contributed by atoms with Gasteiger partial charge in [0, 0.05) is 0 Å². The summed E-state index contributed by atoms with van der Waals surface area (Å²) in [4.78, 5) is 11.6. The molecule has 24 heavy (non-hydrogen) atoms. The molecule has 0 fully saturated rings. The van der Waals surface area contributed by atoms with Crippen LogP contribution in [0.5, 0.6) is 5.75 Å². The van der Waals surface area contributed by atoms with Crippen molar-refractivity contribution in [3.8, 4) is 5.75 Å². The Labute approximate surface area is 143 Å². The Morgan fingerprint density at radius 2 is 1.92 bits per heavy atom. The molecule has 0 atom stereocenters. The quantitative estimate of drug-likeness (QED) is 0.583. The van der Waals surface area contributed by atoms with Crippen molar-refractivity contribution < 1.29 is 23.0 Å². The number of esters is 1. The Morgan fingerprint density at radius 1 is 1.25 bits per heavy atom. The summed E-state index contributed by atoms with van der Waals surface area (Å²) in [5.41, 5.74) is 1.81. The molecule has 3 nitrogen and oxygen atoms in total. The Bertz CT molecular complexity index is 525. The number of halogens is 2. The molecule has 136 valence electrons. The van der Waals surface area contributed by atoms with Gasteiger partial charge in [0.05, 0.1) is 13.0 Å². The van der Waals surface area contributed by atoms with E-state index < -0.39 is 19.5 Å². The molecule has 0 radical (unpaired) electrons. The summed E-state index contributed by atoms with van der Waals surface area (Å²) < 4.78 is 35.4. The highest BCUT2D eigenvalue weighted by atomic mass is 19.1. The minimum Gasteiger partial charge on any atom is -0.485 e. The van der Waals surface area contributed by atoms with Crippen molar-refractivity contribution in [3.63, 3.8) is 0 Å². The molecule has 0 spiro atoms. The first kappa shape index (κ1) is 20.4. The van der Waals surface area contributed by atoms with Gasteiger partial charge in [-0.15, -0.1) is 0 Å². The Balaban J connectivity index is 2.63. The lowest BCUT2D eigenvalue weighted by Gasteiger charge is -2.23. The van der Waals surface area contributed by atoms with E-state index in [0.717, 1.165) is 24.0 Å². The topological polar surface area (TPSA) is 35.5 Å². The second-order valence-corrected chi connectivity index (χ2v) is 6.79. The van der Waals surface area contributed by atoms with Gasteiger partial charge in [-0.25, -0.2) is 8.78 Å². The van der Waals surface area contributed by atoms with E-state index in [1.807, 2.05) is 32.9 Å². The van der Waals surface area contributed by atoms with Gasteiger partial charge in [0.2, 0.25) is 0 Å². The fourth-order valence-electron chi connectivity index (χ4n) is 2.46. The van der Waals surface area contributed by atoms with E-state index in [2.05, 4.69) is 0 Å². The third-order valence-electron chi connectivity index (χ3n) is 3.90. The number of carbonyl (C=O) groups excluding carboxylic acids is 1. The highest BCUT2D eigenvalue weighted by Gasteiger charge is 2.22. The average Bonchev–Trinajstić information content (AvgIpc) is 2.52. The molecular weight excluding hydrogens is 314 g/mol. The van der Waals surface area contributed by atoms with E-state index in [4.69, 9.17) is 9.47 Å². The number of ether oxygens (including phenoxy) is 2. The maximum atomic E-state index is 12.6. The van der Waals surface area contributed by atoms with Crippen LogP contribution in [0.1, 0.15) is 44.7 Å². The Kier molecular flexibility index (Phi) is 8.16. The number of rotatable bonds is 10. The monoisotopic (exact) mass is 342 g/mol. The van der Waals surface area contributed by atoms with Crippen LogP contribution in [0.3, 0.4) is 0 Å². The zero-order valence-corrected chi connectivity index (χ0v) is 15.0. The molecule has 0 bridgehead atoms. The van der Waals surface area contributed by atoms with E-state index in [0.29, 0.717) is 18.8 Å². The van der Waals surface area contributed by atoms with Crippen LogP contribution in [0.4, 0.5) is 8.78 Å². The molecular formula is C19H28F2O3. The Hall–Kier alpha value is -1.65. The van der Waals surface area contributed by atoms with Gasteiger partial charge in [-0.1, -0.05) is 26.0 Å². The summed E-state index contributed by atoms with van der Waals surface area (Å²) in [6.45, 7) is 6.44. The van der Waals surface area contributed by atoms with Gasteiger partial charge in [0.1, 0.15) is 19.1 Å². The van der Waals surface area contributed by atoms with Gasteiger partial charge in [-0.2, -0.15) is 0 Å². The fourth-order valence-corrected chi connectivity index (χ4v) is 2.46. The van der Waals surface area contributed by atoms with Gasteiger partial charge in [0.15, 0.2) is 6.10 Å². The average molecular weight is 342 g/mol. The zero-order chi connectivity index (χ0) is 18.2. The lowest BCUT2D eigenvalue weighted by Crippen LogP contribution is -2.21. The van der Waals surface area contributed by atoms with E-state index in [1.165, 1.54) is 0 Å². The highest BCUT2D eigenvalue weighted by molar-refractivity contribution is 5.70. The molecule has 0 saturated heterocycles. The minimum atomic E-state index is -1.04. The molecule has 0 aliphatic heterocycles. The summed E-state index contributed by atoms with van der Waals surface area (Å²) in [6.07, 6.45) is 0.986. The van der Waals surface area contributed by atoms with E-state index in [1.54, 1.807) is 13.0 Å². The highest BCUT2D eigenvalue weighted by Crippen LogP contribution is 2.29. The first-order chi connectivity index (χ1) is 11.3. The molecule has 1 aromatic rings. The fraction of sp³-hybridized carbons (Fsp3) is 0.632. The number of carbonyl (C=O) groups is 1. The lowest BCUT2D eigenvalue weighted by atomic mass is 9.83. The normalized spacial score (nSPS) is 11.6. The molecule has 0 aromatic heterocycles. The number of benzene rings is 1. The third kappa shape index (κ3) is 6.85. The number of hydrogen-bond donors (Lipinski definition) is 0. The maximum absolute atomic E-state index is 12.6. The molecule has 1 aromatic carbocycles. The molecule has 5 heteroatoms. The smallest absolute Gasteiger partial charge is 0.306 e. The predicted octanol–water partition coefficient (Wildman–Crippen LogP) is 4.59. The summed E-state index contributed by atoms with van der Waals surface area (Å²) in [6, 6.07) is 5.61. The van der Waals surface area contributed by atoms with Crippen molar-refractivity contribution in [2.75, 3.05) is 20.0 Å². The van der Waals surface area contributed by atoms with E-state index in [9.17, 15) is 13.6 Å². The first-order valence-corrected chi connectivity index (χ1v) is 8.35. The van der Waals surface area contributed by atoms with Crippen LogP contribution in [0.25, 0.3) is 0 Å². The molecule has 0 aliphatic carbocycles. The summed E-state index contributed by atoms with van der Waals surface area (Å²) in [7, 11) is 0. The van der Waals surface area contributed by atoms with Gasteiger partial charge in [0.25, 0.3) is 0 Å². The SMILES string of the molecule is CCOC(=O)CC(C)(C)CCc1ccc(OC(CF)CF)c(C)c1. The number of aryl methyl sites for hydroxylation is 2. The maximum Gasteiger partial charge on any atom is 0.306 e. The summed E-state index contributed by atoms with van der Waals surface area (Å²) in [5, 5.41) is 0. The zero-order valence-electron chi connectivity index (χ0n) is 15.0. The van der Waals surface area contributed by atoms with E-state index in [-0.39, 0.29) is 11.4 Å². The molecule has 0 amide bonds. The standard InChI is InChI=1S/C19H28F2O3/c1-5-23-18(22)11-19(3,4)9-8-15-6-7-17(14(2)10-15)24-16(12-20)13-21/h6-7,10,16H,5,8-9,11-13H2,1-4H3. The molecule has 0 heterocycles. The number of alkyl halides is 2. The van der Waals surface area contributed by atoms with Crippen LogP contribution in [-0.2, 0) is 16.0 Å². The lowest BCUT2D eigenvalue weighted by molar-refractivity contribution is -0.145.